The van der Waals surface area contributed by atoms with E-state index >= 15 is 0 Å². The molecule has 1 fully saturated rings. The number of nitrogens with zero attached hydrogens (tertiary/aromatic N) is 1. The van der Waals surface area contributed by atoms with Crippen LogP contribution in [0.15, 0.2) is 91.0 Å². The molecule has 3 aliphatic heterocycles. The van der Waals surface area contributed by atoms with Gasteiger partial charge in [0.2, 0.25) is 0 Å². The maximum Gasteiger partial charge on any atom is 0.513 e. The lowest BCUT2D eigenvalue weighted by Crippen LogP contribution is -2.33. The monoisotopic (exact) mass is 805 g/mol. The Hall–Kier alpha value is -7.24. The van der Waals surface area contributed by atoms with E-state index in [1.165, 1.54) is 42.5 Å². The summed E-state index contributed by atoms with van der Waals surface area (Å²) in [6, 6.07) is 23.5. The number of hydroxylamine groups is 2. The molecule has 0 aliphatic carbocycles. The minimum atomic E-state index is -1.38. The van der Waals surface area contributed by atoms with Gasteiger partial charge < -0.3 is 49.4 Å². The van der Waals surface area contributed by atoms with Crippen LogP contribution in [0.4, 0.5) is 10.5 Å². The third-order valence-corrected chi connectivity index (χ3v) is 9.69. The molecule has 3 aliphatic rings. The number of carbonyl (C=O) groups is 5. The van der Waals surface area contributed by atoms with Crippen LogP contribution in [0.3, 0.4) is 0 Å². The first-order chi connectivity index (χ1) is 28.0. The second-order valence-electron chi connectivity index (χ2n) is 13.2. The molecule has 2 amide bonds. The number of amides is 2. The van der Waals surface area contributed by atoms with Crippen molar-refractivity contribution >= 4 is 63.7 Å². The van der Waals surface area contributed by atoms with Gasteiger partial charge in [-0.15, -0.1) is 5.06 Å². The molecule has 4 N–H and O–H groups in total. The van der Waals surface area contributed by atoms with Gasteiger partial charge in [-0.05, 0) is 83.7 Å². The van der Waals surface area contributed by atoms with Crippen LogP contribution in [0, 0.1) is 0 Å². The fraction of sp³-hybridized carbons (Fsp3) is 0.171. The van der Waals surface area contributed by atoms with E-state index in [0.717, 1.165) is 0 Å². The van der Waals surface area contributed by atoms with E-state index in [-0.39, 0.29) is 72.1 Å². The highest BCUT2D eigenvalue weighted by atomic mass is 32.1. The predicted octanol–water partition coefficient (Wildman–Crippen LogP) is 5.56. The number of nitrogens with one attached hydrogen (secondary N) is 2. The molecule has 17 heteroatoms. The summed E-state index contributed by atoms with van der Waals surface area (Å²) in [6.07, 6.45) is -0.962. The van der Waals surface area contributed by atoms with Gasteiger partial charge in [-0.3, -0.25) is 9.59 Å². The Labute approximate surface area is 333 Å². The smallest absolute Gasteiger partial charge is 0.508 e. The van der Waals surface area contributed by atoms with Crippen LogP contribution >= 0.6 is 12.2 Å². The van der Waals surface area contributed by atoms with Crippen molar-refractivity contribution in [3.05, 3.63) is 119 Å². The minimum absolute atomic E-state index is 0.00874. The van der Waals surface area contributed by atoms with Crippen molar-refractivity contribution < 1.29 is 62.7 Å². The molecule has 8 rings (SSSR count). The number of benzene rings is 5. The van der Waals surface area contributed by atoms with Gasteiger partial charge in [0.1, 0.15) is 35.4 Å². The van der Waals surface area contributed by atoms with Gasteiger partial charge in [0.25, 0.3) is 11.8 Å². The molecule has 0 saturated carbocycles. The van der Waals surface area contributed by atoms with E-state index < -0.39 is 35.5 Å². The Morgan fingerprint density at radius 3 is 2.17 bits per heavy atom. The van der Waals surface area contributed by atoms with E-state index in [2.05, 4.69) is 10.6 Å². The summed E-state index contributed by atoms with van der Waals surface area (Å²) < 4.78 is 28.0. The zero-order valence-electron chi connectivity index (χ0n) is 30.1. The summed E-state index contributed by atoms with van der Waals surface area (Å²) in [5.41, 5.74) is 1.14. The van der Waals surface area contributed by atoms with Crippen LogP contribution in [0.25, 0.3) is 10.8 Å². The van der Waals surface area contributed by atoms with E-state index in [1.54, 1.807) is 48.5 Å². The van der Waals surface area contributed by atoms with E-state index in [9.17, 15) is 34.2 Å². The number of ether oxygens (including phenoxy) is 5. The van der Waals surface area contributed by atoms with Gasteiger partial charge in [-0.25, -0.2) is 14.4 Å². The number of anilines is 1. The molecule has 16 nitrogen and oxygen atoms in total. The number of aromatic hydroxyl groups is 2. The first-order valence-electron chi connectivity index (χ1n) is 17.8. The molecule has 5 aromatic rings. The normalized spacial score (nSPS) is 14.6. The quantitative estimate of drug-likeness (QED) is 0.0448. The number of rotatable bonds is 10. The van der Waals surface area contributed by atoms with Crippen LogP contribution in [0.5, 0.6) is 28.7 Å². The number of carbonyl (C=O) groups excluding carboxylic acids is 5. The fourth-order valence-corrected chi connectivity index (χ4v) is 7.03. The maximum atomic E-state index is 13.4. The van der Waals surface area contributed by atoms with Gasteiger partial charge in [-0.2, -0.15) is 0 Å². The molecular formula is C41H31N3O13S. The molecule has 0 atom stereocenters. The zero-order valence-corrected chi connectivity index (χ0v) is 31.0. The van der Waals surface area contributed by atoms with Crippen molar-refractivity contribution in [2.45, 2.75) is 18.4 Å². The highest BCUT2D eigenvalue weighted by Gasteiger charge is 2.53. The Morgan fingerprint density at radius 1 is 0.776 bits per heavy atom. The van der Waals surface area contributed by atoms with Crippen molar-refractivity contribution in [1.82, 2.24) is 10.4 Å². The molecule has 0 unspecified atom stereocenters. The summed E-state index contributed by atoms with van der Waals surface area (Å²) in [5.74, 6) is -1.90. The van der Waals surface area contributed by atoms with Crippen molar-refractivity contribution in [1.29, 1.82) is 0 Å². The van der Waals surface area contributed by atoms with Crippen LogP contribution < -0.4 is 20.1 Å². The first-order valence-corrected chi connectivity index (χ1v) is 18.2. The van der Waals surface area contributed by atoms with Gasteiger partial charge in [0, 0.05) is 53.9 Å². The highest BCUT2D eigenvalue weighted by Crippen LogP contribution is 2.57. The van der Waals surface area contributed by atoms with E-state index in [4.69, 9.17) is 40.7 Å². The lowest BCUT2D eigenvalue weighted by Gasteiger charge is -2.36. The number of fused-ring (bicyclic) bond motifs is 7. The minimum Gasteiger partial charge on any atom is -0.508 e. The van der Waals surface area contributed by atoms with E-state index in [0.29, 0.717) is 50.3 Å². The van der Waals surface area contributed by atoms with Crippen molar-refractivity contribution in [3.63, 3.8) is 0 Å². The van der Waals surface area contributed by atoms with Crippen LogP contribution in [0.1, 0.15) is 50.2 Å². The number of phenols is 2. The maximum absolute atomic E-state index is 13.4. The molecule has 0 bridgehead atoms. The Bertz CT molecular complexity index is 2490. The average molecular weight is 806 g/mol. The van der Waals surface area contributed by atoms with Gasteiger partial charge in [-0.1, -0.05) is 18.2 Å². The summed E-state index contributed by atoms with van der Waals surface area (Å²) in [6.45, 7) is 0.521. The van der Waals surface area contributed by atoms with Gasteiger partial charge in [0.05, 0.1) is 24.3 Å². The lowest BCUT2D eigenvalue weighted by atomic mass is 9.77. The van der Waals surface area contributed by atoms with Crippen molar-refractivity contribution in [2.75, 3.05) is 31.7 Å². The van der Waals surface area contributed by atoms with Crippen LogP contribution in [-0.2, 0) is 34.2 Å². The van der Waals surface area contributed by atoms with Gasteiger partial charge >= 0.3 is 18.1 Å². The lowest BCUT2D eigenvalue weighted by molar-refractivity contribution is -0.172. The number of phenolic OH excluding ortho intramolecular Hbond substituents is 2. The standard InChI is InChI=1S/C41H31N3O13S/c45-26-5-9-31-33(20-26)55-34-21-27(46)6-10-32(34)41(31)30-8-4-25(19-29(30)38(50)56-41)43-39(58)42-13-14-52-15-16-53-40(51)54-28-7-3-22-17-24(2-1-23(22)18-28)37(49)57-44-35(47)11-12-36(44)48/h1-10,17-21,45-46H,11-16H2,(H2,42,43,58). The second-order valence-corrected chi connectivity index (χ2v) is 13.6. The summed E-state index contributed by atoms with van der Waals surface area (Å²) in [7, 11) is 0. The van der Waals surface area contributed by atoms with Gasteiger partial charge in [0.15, 0.2) is 10.7 Å². The Morgan fingerprint density at radius 2 is 1.45 bits per heavy atom. The predicted molar refractivity (Wildman–Crippen MR) is 205 cm³/mol. The first kappa shape index (κ1) is 37.7. The third kappa shape index (κ3) is 7.26. The number of thiocarbonyl (C=S) groups is 1. The number of esters is 1. The number of imide groups is 1. The molecule has 5 aromatic carbocycles. The fourth-order valence-electron chi connectivity index (χ4n) is 6.81. The Balaban J connectivity index is 0.784. The van der Waals surface area contributed by atoms with Crippen LogP contribution in [-0.4, -0.2) is 76.7 Å². The molecular weight excluding hydrogens is 775 g/mol. The number of hydrogen-bond donors (Lipinski definition) is 4. The van der Waals surface area contributed by atoms with Crippen LogP contribution in [0.2, 0.25) is 0 Å². The molecule has 1 spiro atoms. The summed E-state index contributed by atoms with van der Waals surface area (Å²) in [5, 5.41) is 28.3. The van der Waals surface area contributed by atoms with E-state index in [1.807, 2.05) is 0 Å². The average Bonchev–Trinajstić information content (AvgIpc) is 3.67. The van der Waals surface area contributed by atoms with Crippen molar-refractivity contribution in [3.8, 4) is 28.7 Å². The zero-order chi connectivity index (χ0) is 40.6. The third-order valence-electron chi connectivity index (χ3n) is 9.44. The highest BCUT2D eigenvalue weighted by molar-refractivity contribution is 7.80. The molecule has 58 heavy (non-hydrogen) atoms. The summed E-state index contributed by atoms with van der Waals surface area (Å²) >= 11 is 5.43. The molecule has 0 radical (unpaired) electrons. The molecule has 3 heterocycles. The SMILES string of the molecule is O=C(OCCOCCNC(=S)Nc1ccc2c(c1)C(=O)OC21c2ccc(O)cc2Oc2cc(O)ccc21)Oc1ccc2cc(C(=O)ON3C(=O)CCC3=O)ccc2c1. The second kappa shape index (κ2) is 15.4. The van der Waals surface area contributed by atoms with Crippen molar-refractivity contribution in [2.24, 2.45) is 0 Å². The molecule has 0 aromatic heterocycles. The largest absolute Gasteiger partial charge is 0.513 e. The molecule has 294 valence electrons. The Kier molecular flexibility index (Phi) is 9.98. The molecule has 1 saturated heterocycles. The number of hydrogen-bond acceptors (Lipinski definition) is 14. The summed E-state index contributed by atoms with van der Waals surface area (Å²) in [4.78, 5) is 66.6. The topological polar surface area (TPSA) is 208 Å².